The molecule has 0 aromatic carbocycles. The van der Waals surface area contributed by atoms with Gasteiger partial charge in [-0.05, 0) is 58.5 Å². The fourth-order valence-corrected chi connectivity index (χ4v) is 5.36. The van der Waals surface area contributed by atoms with Gasteiger partial charge in [0.1, 0.15) is 11.6 Å². The van der Waals surface area contributed by atoms with Crippen LogP contribution in [-0.2, 0) is 22.6 Å². The molecule has 0 bridgehead atoms. The molecule has 1 unspecified atom stereocenters. The molecule has 3 aliphatic rings. The minimum Gasteiger partial charge on any atom is -0.373 e. The van der Waals surface area contributed by atoms with Crippen molar-refractivity contribution in [3.63, 3.8) is 0 Å². The molecule has 2 saturated heterocycles. The van der Waals surface area contributed by atoms with Crippen LogP contribution in [0.25, 0.3) is 0 Å². The Morgan fingerprint density at radius 3 is 2.44 bits per heavy atom. The smallest absolute Gasteiger partial charge is 0.222 e. The summed E-state index contributed by atoms with van der Waals surface area (Å²) in [5.74, 6) is 2.39. The number of aromatic nitrogens is 2. The molecule has 1 aromatic heterocycles. The second-order valence-corrected chi connectivity index (χ2v) is 9.58. The van der Waals surface area contributed by atoms with E-state index in [1.165, 1.54) is 25.9 Å². The molecular formula is C24H38N6O2. The number of anilines is 1. The molecule has 0 saturated carbocycles. The number of rotatable bonds is 6. The van der Waals surface area contributed by atoms with Crippen LogP contribution in [0, 0.1) is 0 Å². The van der Waals surface area contributed by atoms with Gasteiger partial charge in [0.2, 0.25) is 11.8 Å². The van der Waals surface area contributed by atoms with Crippen LogP contribution in [0.3, 0.4) is 0 Å². The van der Waals surface area contributed by atoms with Crippen LogP contribution in [0.15, 0.2) is 0 Å². The summed E-state index contributed by atoms with van der Waals surface area (Å²) in [6.07, 6.45) is 6.66. The number of carbonyl (C=O) groups is 2. The Hall–Kier alpha value is -2.22. The normalized spacial score (nSPS) is 20.8. The van der Waals surface area contributed by atoms with Gasteiger partial charge >= 0.3 is 0 Å². The highest BCUT2D eigenvalue weighted by atomic mass is 16.2. The van der Waals surface area contributed by atoms with Crippen LogP contribution >= 0.6 is 0 Å². The molecule has 1 aromatic rings. The number of hydrogen-bond acceptors (Lipinski definition) is 6. The maximum atomic E-state index is 13.0. The van der Waals surface area contributed by atoms with Crippen molar-refractivity contribution in [1.29, 1.82) is 0 Å². The van der Waals surface area contributed by atoms with Crippen molar-refractivity contribution >= 4 is 17.6 Å². The molecule has 0 aliphatic carbocycles. The van der Waals surface area contributed by atoms with Gasteiger partial charge in [-0.3, -0.25) is 9.59 Å². The number of nitrogens with zero attached hydrogens (tertiary/aromatic N) is 5. The van der Waals surface area contributed by atoms with Crippen LogP contribution < -0.4 is 5.32 Å². The maximum Gasteiger partial charge on any atom is 0.222 e. The average molecular weight is 443 g/mol. The summed E-state index contributed by atoms with van der Waals surface area (Å²) < 4.78 is 0. The minimum absolute atomic E-state index is 0.138. The number of fused-ring (bicyclic) bond motifs is 1. The van der Waals surface area contributed by atoms with Crippen LogP contribution in [0.1, 0.15) is 75.4 Å². The number of likely N-dealkylation sites (tertiary alicyclic amines) is 2. The highest BCUT2D eigenvalue weighted by Crippen LogP contribution is 2.30. The Kier molecular flexibility index (Phi) is 7.28. The van der Waals surface area contributed by atoms with Gasteiger partial charge in [0, 0.05) is 57.5 Å². The van der Waals surface area contributed by atoms with Crippen LogP contribution in [0.4, 0.5) is 5.82 Å². The zero-order valence-electron chi connectivity index (χ0n) is 19.9. The van der Waals surface area contributed by atoms with E-state index in [1.807, 2.05) is 16.8 Å². The van der Waals surface area contributed by atoms with Crippen molar-refractivity contribution in [3.8, 4) is 0 Å². The standard InChI is InChI=1S/C24H38N6O2/c1-17(28-11-4-5-12-28)6-7-22(32)30-15-10-20-21(16-30)26-23(27-24(20)25-3)19-8-13-29(14-9-19)18(2)31/h17,19H,4-16H2,1-3H3,(H,25,26,27). The molecule has 0 radical (unpaired) electrons. The molecule has 2 amide bonds. The van der Waals surface area contributed by atoms with Gasteiger partial charge in [0.15, 0.2) is 0 Å². The zero-order chi connectivity index (χ0) is 22.7. The molecule has 8 nitrogen and oxygen atoms in total. The monoisotopic (exact) mass is 442 g/mol. The Morgan fingerprint density at radius 2 is 1.78 bits per heavy atom. The average Bonchev–Trinajstić information content (AvgIpc) is 3.36. The maximum absolute atomic E-state index is 13.0. The Labute approximate surface area is 191 Å². The summed E-state index contributed by atoms with van der Waals surface area (Å²) in [6, 6.07) is 0.476. The first kappa shape index (κ1) is 23.0. The molecule has 32 heavy (non-hydrogen) atoms. The summed E-state index contributed by atoms with van der Waals surface area (Å²) in [4.78, 5) is 40.8. The molecule has 1 atom stereocenters. The van der Waals surface area contributed by atoms with E-state index in [0.29, 0.717) is 19.0 Å². The van der Waals surface area contributed by atoms with Gasteiger partial charge in [-0.1, -0.05) is 0 Å². The first-order chi connectivity index (χ1) is 15.5. The van der Waals surface area contributed by atoms with E-state index in [0.717, 1.165) is 68.2 Å². The van der Waals surface area contributed by atoms with E-state index in [4.69, 9.17) is 9.97 Å². The number of piperidine rings is 1. The Bertz CT molecular complexity index is 830. The first-order valence-corrected chi connectivity index (χ1v) is 12.3. The van der Waals surface area contributed by atoms with E-state index in [-0.39, 0.29) is 17.7 Å². The fraction of sp³-hybridized carbons (Fsp3) is 0.750. The van der Waals surface area contributed by atoms with E-state index in [9.17, 15) is 9.59 Å². The van der Waals surface area contributed by atoms with Gasteiger partial charge in [0.25, 0.3) is 0 Å². The van der Waals surface area contributed by atoms with Gasteiger partial charge in [0.05, 0.1) is 12.2 Å². The third-order valence-corrected chi connectivity index (χ3v) is 7.52. The molecule has 4 rings (SSSR count). The summed E-state index contributed by atoms with van der Waals surface area (Å²) in [6.45, 7) is 9.05. The first-order valence-electron chi connectivity index (χ1n) is 12.3. The number of carbonyl (C=O) groups excluding carboxylic acids is 2. The summed E-state index contributed by atoms with van der Waals surface area (Å²) >= 11 is 0. The van der Waals surface area contributed by atoms with Crippen molar-refractivity contribution in [2.24, 2.45) is 0 Å². The second-order valence-electron chi connectivity index (χ2n) is 9.58. The highest BCUT2D eigenvalue weighted by molar-refractivity contribution is 5.76. The molecule has 3 aliphatic heterocycles. The molecule has 2 fully saturated rings. The van der Waals surface area contributed by atoms with Crippen LogP contribution in [0.5, 0.6) is 0 Å². The largest absolute Gasteiger partial charge is 0.373 e. The van der Waals surface area contributed by atoms with E-state index >= 15 is 0 Å². The Morgan fingerprint density at radius 1 is 1.06 bits per heavy atom. The molecule has 176 valence electrons. The van der Waals surface area contributed by atoms with Crippen LogP contribution in [-0.4, -0.2) is 82.3 Å². The van der Waals surface area contributed by atoms with Crippen molar-refractivity contribution in [2.75, 3.05) is 45.1 Å². The quantitative estimate of drug-likeness (QED) is 0.729. The molecule has 8 heteroatoms. The van der Waals surface area contributed by atoms with Gasteiger partial charge < -0.3 is 20.0 Å². The minimum atomic E-state index is 0.138. The predicted molar refractivity (Wildman–Crippen MR) is 124 cm³/mol. The lowest BCUT2D eigenvalue weighted by Crippen LogP contribution is -2.39. The summed E-state index contributed by atoms with van der Waals surface area (Å²) in [5.41, 5.74) is 2.13. The van der Waals surface area contributed by atoms with Gasteiger partial charge in [-0.25, -0.2) is 9.97 Å². The SMILES string of the molecule is CNc1nc(C2CCN(C(C)=O)CC2)nc2c1CCN(C(=O)CCC(C)N1CCCC1)C2. The van der Waals surface area contributed by atoms with Gasteiger partial charge in [-0.2, -0.15) is 0 Å². The second kappa shape index (κ2) is 10.1. The summed E-state index contributed by atoms with van der Waals surface area (Å²) in [7, 11) is 1.90. The van der Waals surface area contributed by atoms with Crippen molar-refractivity contribution in [2.45, 2.75) is 77.3 Å². The topological polar surface area (TPSA) is 81.7 Å². The lowest BCUT2D eigenvalue weighted by atomic mass is 9.95. The lowest BCUT2D eigenvalue weighted by Gasteiger charge is -2.33. The third kappa shape index (κ3) is 5.05. The lowest BCUT2D eigenvalue weighted by molar-refractivity contribution is -0.132. The molecular weight excluding hydrogens is 404 g/mol. The molecule has 0 spiro atoms. The van der Waals surface area contributed by atoms with E-state index in [1.54, 1.807) is 6.92 Å². The number of hydrogen-bond donors (Lipinski definition) is 1. The molecule has 1 N–H and O–H groups in total. The highest BCUT2D eigenvalue weighted by Gasteiger charge is 2.29. The molecule has 4 heterocycles. The van der Waals surface area contributed by atoms with Crippen molar-refractivity contribution < 1.29 is 9.59 Å². The fourth-order valence-electron chi connectivity index (χ4n) is 5.36. The van der Waals surface area contributed by atoms with Crippen molar-refractivity contribution in [3.05, 3.63) is 17.1 Å². The number of nitrogens with one attached hydrogen (secondary N) is 1. The van der Waals surface area contributed by atoms with E-state index < -0.39 is 0 Å². The predicted octanol–water partition coefficient (Wildman–Crippen LogP) is 2.39. The zero-order valence-corrected chi connectivity index (χ0v) is 19.9. The van der Waals surface area contributed by atoms with Gasteiger partial charge in [-0.15, -0.1) is 0 Å². The van der Waals surface area contributed by atoms with E-state index in [2.05, 4.69) is 17.1 Å². The van der Waals surface area contributed by atoms with Crippen LogP contribution in [0.2, 0.25) is 0 Å². The summed E-state index contributed by atoms with van der Waals surface area (Å²) in [5, 5.41) is 3.25. The van der Waals surface area contributed by atoms with Crippen molar-refractivity contribution in [1.82, 2.24) is 24.7 Å². The number of amides is 2. The Balaban J connectivity index is 1.40. The third-order valence-electron chi connectivity index (χ3n) is 7.52.